The summed E-state index contributed by atoms with van der Waals surface area (Å²) in [6.45, 7) is 17.3. The first-order valence-corrected chi connectivity index (χ1v) is 21.9. The molecule has 1 N–H and O–H groups in total. The molecule has 0 bridgehead atoms. The number of fused-ring (bicyclic) bond motifs is 1. The van der Waals surface area contributed by atoms with E-state index in [4.69, 9.17) is 11.3 Å². The average molecular weight is 823 g/mol. The molecule has 0 fully saturated rings. The highest BCUT2D eigenvalue weighted by Crippen LogP contribution is 2.43. The van der Waals surface area contributed by atoms with E-state index in [9.17, 15) is 5.11 Å². The highest BCUT2D eigenvalue weighted by molar-refractivity contribution is 5.98. The Morgan fingerprint density at radius 3 is 1.83 bits per heavy atom. The number of phenolic OH excluding ortho intramolecular Hbond substituents is 1. The van der Waals surface area contributed by atoms with Crippen molar-refractivity contribution in [2.45, 2.75) is 72.1 Å². The minimum atomic E-state index is -0.672. The molecule has 0 saturated heterocycles. The Labute approximate surface area is 374 Å². The number of nitrogens with zero attached hydrogens (tertiary/aromatic N) is 3. The van der Waals surface area contributed by atoms with Gasteiger partial charge in [-0.05, 0) is 127 Å². The number of imidazole rings is 1. The van der Waals surface area contributed by atoms with Crippen LogP contribution in [0.3, 0.4) is 0 Å². The third-order valence-corrected chi connectivity index (χ3v) is 12.2. The highest BCUT2D eigenvalue weighted by Gasteiger charge is 2.24. The van der Waals surface area contributed by atoms with Crippen LogP contribution in [0.5, 0.6) is 5.75 Å². The lowest BCUT2D eigenvalue weighted by atomic mass is 9.83. The molecule has 4 heteroatoms. The molecule has 9 rings (SSSR count). The van der Waals surface area contributed by atoms with Gasteiger partial charge in [-0.15, -0.1) is 0 Å². The molecule has 0 amide bonds. The number of aromatic nitrogens is 3. The lowest BCUT2D eigenvalue weighted by Crippen LogP contribution is -2.12. The second kappa shape index (κ2) is 16.3. The van der Waals surface area contributed by atoms with Crippen LogP contribution in [0.2, 0.25) is 0 Å². The van der Waals surface area contributed by atoms with Gasteiger partial charge in [-0.1, -0.05) is 165 Å². The minimum Gasteiger partial charge on any atom is -0.507 e. The predicted molar refractivity (Wildman–Crippen MR) is 265 cm³/mol. The zero-order valence-electron chi connectivity index (χ0n) is 38.5. The quantitative estimate of drug-likeness (QED) is 0.166. The summed E-state index contributed by atoms with van der Waals surface area (Å²) < 4.78 is 10.7. The van der Waals surface area contributed by atoms with Crippen LogP contribution >= 0.6 is 0 Å². The van der Waals surface area contributed by atoms with Crippen LogP contribution in [0.1, 0.15) is 79.3 Å². The zero-order valence-corrected chi connectivity index (χ0v) is 37.5. The first-order valence-electron chi connectivity index (χ1n) is 22.4. The topological polar surface area (TPSA) is 50.9 Å². The maximum Gasteiger partial charge on any atom is 0.149 e. The van der Waals surface area contributed by atoms with Gasteiger partial charge in [-0.25, -0.2) is 4.98 Å². The number of hydrogen-bond donors (Lipinski definition) is 1. The summed E-state index contributed by atoms with van der Waals surface area (Å²) >= 11 is 0. The molecule has 312 valence electrons. The van der Waals surface area contributed by atoms with Crippen molar-refractivity contribution in [1.29, 1.82) is 0 Å². The Kier molecular flexibility index (Phi) is 10.4. The highest BCUT2D eigenvalue weighted by atomic mass is 16.3. The number of hydrogen-bond acceptors (Lipinski definition) is 3. The Morgan fingerprint density at radius 2 is 1.13 bits per heavy atom. The summed E-state index contributed by atoms with van der Waals surface area (Å²) in [5, 5.41) is 11.5. The van der Waals surface area contributed by atoms with Crippen molar-refractivity contribution in [1.82, 2.24) is 14.5 Å². The molecule has 0 aliphatic heterocycles. The van der Waals surface area contributed by atoms with Crippen LogP contribution in [-0.2, 0) is 10.8 Å². The molecule has 0 saturated carbocycles. The van der Waals surface area contributed by atoms with Crippen LogP contribution in [0.15, 0.2) is 176 Å². The van der Waals surface area contributed by atoms with Crippen molar-refractivity contribution < 1.29 is 6.48 Å². The minimum absolute atomic E-state index is 0.0206. The second-order valence-corrected chi connectivity index (χ2v) is 18.9. The van der Waals surface area contributed by atoms with E-state index < -0.39 is 5.89 Å². The van der Waals surface area contributed by atoms with Gasteiger partial charge >= 0.3 is 0 Å². The molecule has 2 heterocycles. The van der Waals surface area contributed by atoms with Gasteiger partial charge in [0.15, 0.2) is 0 Å². The van der Waals surface area contributed by atoms with Crippen molar-refractivity contribution >= 4 is 11.0 Å². The van der Waals surface area contributed by atoms with Crippen molar-refractivity contribution in [3.63, 3.8) is 0 Å². The van der Waals surface area contributed by atoms with E-state index in [1.165, 1.54) is 11.1 Å². The number of rotatable bonds is 8. The van der Waals surface area contributed by atoms with Gasteiger partial charge in [-0.2, -0.15) is 0 Å². The van der Waals surface area contributed by atoms with Gasteiger partial charge in [0.05, 0.1) is 28.0 Å². The fraction of sp³-hybridized carbons (Fsp3) is 0.186. The Morgan fingerprint density at radius 1 is 0.508 bits per heavy atom. The standard InChI is InChI=1S/C59H55N3O/c1-38(2)39-21-23-41(24-22-39)43-31-32-60-52(36-43)46-34-44(40-15-10-9-11-16-40)33-45(35-46)49-18-14-19-54-56(49)61-57(50-17-12-13-20-55(50)63)62(54)53-30-29-48(59(6,7)8)37-51(53)42-25-27-47(28-26-42)58(3,4)5/h9-38,63H,1-8H3/i38D. The van der Waals surface area contributed by atoms with E-state index in [-0.39, 0.29) is 16.6 Å². The molecule has 0 aliphatic carbocycles. The Hall–Kier alpha value is -7.04. The Balaban J connectivity index is 1.27. The number of pyridine rings is 1. The SMILES string of the molecule is [2H]C(C)(C)c1ccc(-c2ccnc(-c3cc(-c4ccccc4)cc(-c4cccc5c4nc(-c4ccccc4O)n5-c4ccc(C(C)(C)C)cc4-c4ccc(C(C)(C)C)cc4)c3)c2)cc1. The first kappa shape index (κ1) is 40.1. The summed E-state index contributed by atoms with van der Waals surface area (Å²) in [6.07, 6.45) is 1.88. The predicted octanol–water partition coefficient (Wildman–Crippen LogP) is 15.8. The van der Waals surface area contributed by atoms with E-state index in [0.717, 1.165) is 78.0 Å². The molecule has 9 aromatic rings. The third kappa shape index (κ3) is 8.22. The fourth-order valence-electron chi connectivity index (χ4n) is 8.49. The van der Waals surface area contributed by atoms with Crippen molar-refractivity contribution in [3.8, 4) is 78.6 Å². The van der Waals surface area contributed by atoms with Gasteiger partial charge < -0.3 is 5.11 Å². The average Bonchev–Trinajstić information content (AvgIpc) is 3.68. The number of phenols is 1. The van der Waals surface area contributed by atoms with Crippen LogP contribution < -0.4 is 0 Å². The smallest absolute Gasteiger partial charge is 0.149 e. The molecule has 0 spiro atoms. The maximum absolute atomic E-state index is 11.5. The normalized spacial score (nSPS) is 12.4. The summed E-state index contributed by atoms with van der Waals surface area (Å²) in [5.41, 5.74) is 17.1. The first-order chi connectivity index (χ1) is 30.5. The van der Waals surface area contributed by atoms with Gasteiger partial charge in [-0.3, -0.25) is 9.55 Å². The fourth-order valence-corrected chi connectivity index (χ4v) is 8.49. The van der Waals surface area contributed by atoms with Gasteiger partial charge in [0.25, 0.3) is 0 Å². The van der Waals surface area contributed by atoms with Crippen LogP contribution in [0.4, 0.5) is 0 Å². The summed E-state index contributed by atoms with van der Waals surface area (Å²) in [7, 11) is 0. The molecule has 4 nitrogen and oxygen atoms in total. The molecular formula is C59H55N3O. The largest absolute Gasteiger partial charge is 0.507 e. The molecule has 2 aromatic heterocycles. The van der Waals surface area contributed by atoms with Crippen LogP contribution in [0, 0.1) is 0 Å². The van der Waals surface area contributed by atoms with E-state index in [0.29, 0.717) is 11.4 Å². The van der Waals surface area contributed by atoms with E-state index >= 15 is 0 Å². The molecular weight excluding hydrogens is 767 g/mol. The molecule has 63 heavy (non-hydrogen) atoms. The second-order valence-electron chi connectivity index (χ2n) is 18.9. The number of benzene rings is 7. The number of aromatic hydroxyl groups is 1. The molecule has 0 radical (unpaired) electrons. The summed E-state index contributed by atoms with van der Waals surface area (Å²) in [6, 6.07) is 59.3. The van der Waals surface area contributed by atoms with Gasteiger partial charge in [0.1, 0.15) is 11.6 Å². The Bertz CT molecular complexity index is 3140. The van der Waals surface area contributed by atoms with E-state index in [1.807, 2.05) is 62.5 Å². The van der Waals surface area contributed by atoms with Gasteiger partial charge in [0.2, 0.25) is 0 Å². The van der Waals surface area contributed by atoms with Crippen LogP contribution in [-0.4, -0.2) is 19.6 Å². The molecule has 0 aliphatic rings. The molecule has 7 aromatic carbocycles. The lowest BCUT2D eigenvalue weighted by molar-refractivity contribution is 0.477. The van der Waals surface area contributed by atoms with E-state index in [1.54, 1.807) is 6.07 Å². The monoisotopic (exact) mass is 822 g/mol. The van der Waals surface area contributed by atoms with Crippen molar-refractivity contribution in [2.24, 2.45) is 0 Å². The van der Waals surface area contributed by atoms with Crippen molar-refractivity contribution in [3.05, 3.63) is 193 Å². The zero-order chi connectivity index (χ0) is 45.0. The lowest BCUT2D eigenvalue weighted by Gasteiger charge is -2.23. The maximum atomic E-state index is 11.5. The van der Waals surface area contributed by atoms with Gasteiger partial charge in [0, 0.05) is 24.3 Å². The number of para-hydroxylation sites is 2. The summed E-state index contributed by atoms with van der Waals surface area (Å²) in [4.78, 5) is 10.4. The molecule has 0 atom stereocenters. The third-order valence-electron chi connectivity index (χ3n) is 12.2. The molecule has 0 unspecified atom stereocenters. The van der Waals surface area contributed by atoms with E-state index in [2.05, 4.69) is 167 Å². The van der Waals surface area contributed by atoms with Crippen molar-refractivity contribution in [2.75, 3.05) is 0 Å². The summed E-state index contributed by atoms with van der Waals surface area (Å²) in [5.74, 6) is 0.153. The van der Waals surface area contributed by atoms with Crippen LogP contribution in [0.25, 0.3) is 83.9 Å².